The van der Waals surface area contributed by atoms with Crippen LogP contribution in [-0.4, -0.2) is 37.4 Å². The molecule has 1 rings (SSSR count). The van der Waals surface area contributed by atoms with E-state index < -0.39 is 0 Å². The molecule has 4 heteroatoms. The molecule has 0 bridgehead atoms. The first-order valence-electron chi connectivity index (χ1n) is 5.07. The van der Waals surface area contributed by atoms with E-state index in [2.05, 4.69) is 5.32 Å². The molecule has 14 heavy (non-hydrogen) atoms. The first-order valence-corrected chi connectivity index (χ1v) is 5.07. The summed E-state index contributed by atoms with van der Waals surface area (Å²) in [5.74, 6) is -0.183. The lowest BCUT2D eigenvalue weighted by Gasteiger charge is -2.36. The average Bonchev–Trinajstić information content (AvgIpc) is 2.02. The van der Waals surface area contributed by atoms with E-state index in [1.165, 1.54) is 0 Å². The topological polar surface area (TPSA) is 47.6 Å². The van der Waals surface area contributed by atoms with Gasteiger partial charge in [0.25, 0.3) is 0 Å². The van der Waals surface area contributed by atoms with Crippen LogP contribution in [0.3, 0.4) is 0 Å². The van der Waals surface area contributed by atoms with E-state index in [0.717, 1.165) is 13.1 Å². The van der Waals surface area contributed by atoms with Gasteiger partial charge in [-0.3, -0.25) is 4.79 Å². The van der Waals surface area contributed by atoms with Gasteiger partial charge in [-0.1, -0.05) is 0 Å². The molecule has 1 aliphatic rings. The average molecular weight is 201 g/mol. The third-order valence-corrected chi connectivity index (χ3v) is 2.11. The standard InChI is InChI=1S/C10H19NO3/c1-4-13-9(12)5-8-6-11-7-10(2,3)14-8/h8,11H,4-7H2,1-3H3. The number of nitrogens with one attached hydrogen (secondary N) is 1. The SMILES string of the molecule is CCOC(=O)CC1CNCC(C)(C)O1. The highest BCUT2D eigenvalue weighted by Crippen LogP contribution is 2.17. The molecule has 0 amide bonds. The Morgan fingerprint density at radius 1 is 1.64 bits per heavy atom. The van der Waals surface area contributed by atoms with Gasteiger partial charge >= 0.3 is 5.97 Å². The van der Waals surface area contributed by atoms with E-state index >= 15 is 0 Å². The molecule has 0 spiro atoms. The summed E-state index contributed by atoms with van der Waals surface area (Å²) in [6.45, 7) is 7.81. The predicted octanol–water partition coefficient (Wildman–Crippen LogP) is 0.707. The lowest BCUT2D eigenvalue weighted by atomic mass is 10.1. The first-order chi connectivity index (χ1) is 6.53. The second-order valence-corrected chi connectivity index (χ2v) is 4.14. The Labute approximate surface area is 85.0 Å². The fraction of sp³-hybridized carbons (Fsp3) is 0.900. The first kappa shape index (κ1) is 11.5. The molecular formula is C10H19NO3. The lowest BCUT2D eigenvalue weighted by Crippen LogP contribution is -2.51. The van der Waals surface area contributed by atoms with Crippen LogP contribution in [0, 0.1) is 0 Å². The predicted molar refractivity (Wildman–Crippen MR) is 53.1 cm³/mol. The number of carbonyl (C=O) groups excluding carboxylic acids is 1. The van der Waals surface area contributed by atoms with Gasteiger partial charge in [-0.25, -0.2) is 0 Å². The fourth-order valence-electron chi connectivity index (χ4n) is 1.59. The summed E-state index contributed by atoms with van der Waals surface area (Å²) in [5.41, 5.74) is -0.185. The monoisotopic (exact) mass is 201 g/mol. The van der Waals surface area contributed by atoms with Gasteiger partial charge in [0.15, 0.2) is 0 Å². The Bertz CT molecular complexity index is 204. The minimum Gasteiger partial charge on any atom is -0.466 e. The molecule has 0 aromatic carbocycles. The van der Waals surface area contributed by atoms with Gasteiger partial charge in [0.05, 0.1) is 24.7 Å². The van der Waals surface area contributed by atoms with Crippen LogP contribution >= 0.6 is 0 Å². The normalized spacial score (nSPS) is 25.8. The van der Waals surface area contributed by atoms with Crippen molar-refractivity contribution in [3.63, 3.8) is 0 Å². The molecule has 0 aromatic rings. The molecule has 1 aliphatic heterocycles. The van der Waals surface area contributed by atoms with E-state index in [0.29, 0.717) is 13.0 Å². The zero-order valence-electron chi connectivity index (χ0n) is 9.13. The van der Waals surface area contributed by atoms with Crippen molar-refractivity contribution in [3.05, 3.63) is 0 Å². The molecule has 0 radical (unpaired) electrons. The molecule has 1 N–H and O–H groups in total. The Balaban J connectivity index is 2.34. The maximum atomic E-state index is 11.2. The van der Waals surface area contributed by atoms with Crippen molar-refractivity contribution in [3.8, 4) is 0 Å². The summed E-state index contributed by atoms with van der Waals surface area (Å²) < 4.78 is 10.6. The minimum atomic E-state index is -0.185. The summed E-state index contributed by atoms with van der Waals surface area (Å²) in [7, 11) is 0. The van der Waals surface area contributed by atoms with Gasteiger partial charge in [0.1, 0.15) is 0 Å². The van der Waals surface area contributed by atoms with Crippen molar-refractivity contribution in [2.24, 2.45) is 0 Å². The Hall–Kier alpha value is -0.610. The second-order valence-electron chi connectivity index (χ2n) is 4.14. The molecule has 1 atom stereocenters. The van der Waals surface area contributed by atoms with Crippen LogP contribution in [0.4, 0.5) is 0 Å². The van der Waals surface area contributed by atoms with E-state index in [4.69, 9.17) is 9.47 Å². The highest BCUT2D eigenvalue weighted by molar-refractivity contribution is 5.70. The zero-order valence-corrected chi connectivity index (χ0v) is 9.13. The molecule has 4 nitrogen and oxygen atoms in total. The zero-order chi connectivity index (χ0) is 10.6. The van der Waals surface area contributed by atoms with Crippen molar-refractivity contribution in [1.82, 2.24) is 5.32 Å². The maximum absolute atomic E-state index is 11.2. The molecule has 0 saturated carbocycles. The number of morpholine rings is 1. The third-order valence-electron chi connectivity index (χ3n) is 2.11. The van der Waals surface area contributed by atoms with E-state index in [9.17, 15) is 4.79 Å². The van der Waals surface area contributed by atoms with Gasteiger partial charge in [0, 0.05) is 13.1 Å². The number of hydrogen-bond acceptors (Lipinski definition) is 4. The number of ether oxygens (including phenoxy) is 2. The number of hydrogen-bond donors (Lipinski definition) is 1. The van der Waals surface area contributed by atoms with Crippen molar-refractivity contribution in [1.29, 1.82) is 0 Å². The fourth-order valence-corrected chi connectivity index (χ4v) is 1.59. The highest BCUT2D eigenvalue weighted by Gasteiger charge is 2.29. The minimum absolute atomic E-state index is 0.0576. The van der Waals surface area contributed by atoms with Gasteiger partial charge in [-0.15, -0.1) is 0 Å². The van der Waals surface area contributed by atoms with Crippen molar-refractivity contribution in [2.75, 3.05) is 19.7 Å². The number of esters is 1. The van der Waals surface area contributed by atoms with Crippen LogP contribution < -0.4 is 5.32 Å². The van der Waals surface area contributed by atoms with E-state index in [1.54, 1.807) is 0 Å². The summed E-state index contributed by atoms with van der Waals surface area (Å²) >= 11 is 0. The Morgan fingerprint density at radius 2 is 2.36 bits per heavy atom. The summed E-state index contributed by atoms with van der Waals surface area (Å²) in [6.07, 6.45) is 0.280. The van der Waals surface area contributed by atoms with Crippen LogP contribution in [0.15, 0.2) is 0 Å². The van der Waals surface area contributed by atoms with Crippen molar-refractivity contribution < 1.29 is 14.3 Å². The van der Waals surface area contributed by atoms with Crippen molar-refractivity contribution in [2.45, 2.75) is 38.9 Å². The van der Waals surface area contributed by atoms with Crippen LogP contribution in [-0.2, 0) is 14.3 Å². The van der Waals surface area contributed by atoms with Gasteiger partial charge < -0.3 is 14.8 Å². The quantitative estimate of drug-likeness (QED) is 0.683. The van der Waals surface area contributed by atoms with Crippen molar-refractivity contribution >= 4 is 5.97 Å². The van der Waals surface area contributed by atoms with Crippen LogP contribution in [0.25, 0.3) is 0 Å². The largest absolute Gasteiger partial charge is 0.466 e. The Morgan fingerprint density at radius 3 is 2.93 bits per heavy atom. The molecule has 1 saturated heterocycles. The maximum Gasteiger partial charge on any atom is 0.308 e. The summed E-state index contributed by atoms with van der Waals surface area (Å²) in [5, 5.41) is 3.24. The molecule has 1 heterocycles. The smallest absolute Gasteiger partial charge is 0.308 e. The highest BCUT2D eigenvalue weighted by atomic mass is 16.5. The molecule has 0 aromatic heterocycles. The van der Waals surface area contributed by atoms with E-state index in [1.807, 2.05) is 20.8 Å². The van der Waals surface area contributed by atoms with Gasteiger partial charge in [-0.2, -0.15) is 0 Å². The van der Waals surface area contributed by atoms with Gasteiger partial charge in [0.2, 0.25) is 0 Å². The molecular weight excluding hydrogens is 182 g/mol. The third kappa shape index (κ3) is 3.64. The lowest BCUT2D eigenvalue weighted by molar-refractivity contribution is -0.152. The van der Waals surface area contributed by atoms with Gasteiger partial charge in [-0.05, 0) is 20.8 Å². The summed E-state index contributed by atoms with van der Waals surface area (Å²) in [4.78, 5) is 11.2. The number of rotatable bonds is 3. The second kappa shape index (κ2) is 4.75. The Kier molecular flexibility index (Phi) is 3.89. The van der Waals surface area contributed by atoms with E-state index in [-0.39, 0.29) is 17.7 Å². The number of carbonyl (C=O) groups is 1. The van der Waals surface area contributed by atoms with Crippen LogP contribution in [0.1, 0.15) is 27.2 Å². The molecule has 0 aliphatic carbocycles. The molecule has 1 unspecified atom stereocenters. The molecule has 1 fully saturated rings. The van der Waals surface area contributed by atoms with Crippen LogP contribution in [0.5, 0.6) is 0 Å². The summed E-state index contributed by atoms with van der Waals surface area (Å²) in [6, 6.07) is 0. The molecule has 82 valence electrons. The van der Waals surface area contributed by atoms with Crippen LogP contribution in [0.2, 0.25) is 0 Å².